The normalized spacial score (nSPS) is 11.6. The van der Waals surface area contributed by atoms with Crippen molar-refractivity contribution in [1.82, 2.24) is 28.9 Å². The minimum atomic E-state index is -0.0479. The number of rotatable bonds is 9. The molecule has 0 saturated heterocycles. The molecule has 0 bridgehead atoms. The van der Waals surface area contributed by atoms with Gasteiger partial charge in [0, 0.05) is 31.2 Å². The van der Waals surface area contributed by atoms with Crippen molar-refractivity contribution in [3.05, 3.63) is 81.9 Å². The molecule has 35 heavy (non-hydrogen) atoms. The molecule has 0 aliphatic rings. The summed E-state index contributed by atoms with van der Waals surface area (Å²) >= 11 is 1.61. The molecule has 3 aromatic heterocycles. The van der Waals surface area contributed by atoms with E-state index in [-0.39, 0.29) is 5.56 Å². The van der Waals surface area contributed by atoms with E-state index in [4.69, 9.17) is 4.74 Å². The second kappa shape index (κ2) is 10.1. The summed E-state index contributed by atoms with van der Waals surface area (Å²) in [4.78, 5) is 13.2. The number of fused-ring (bicyclic) bond motifs is 3. The zero-order valence-corrected chi connectivity index (χ0v) is 21.0. The predicted molar refractivity (Wildman–Crippen MR) is 138 cm³/mol. The topological polar surface area (TPSA) is 79.2 Å². The Morgan fingerprint density at radius 3 is 2.57 bits per heavy atom. The van der Waals surface area contributed by atoms with Crippen LogP contribution in [-0.4, -0.2) is 42.2 Å². The number of thioether (sulfide) groups is 1. The van der Waals surface area contributed by atoms with Crippen LogP contribution in [0.2, 0.25) is 0 Å². The minimum absolute atomic E-state index is 0.0479. The summed E-state index contributed by atoms with van der Waals surface area (Å²) in [7, 11) is 0. The van der Waals surface area contributed by atoms with Crippen molar-refractivity contribution >= 4 is 28.4 Å². The average Bonchev–Trinajstić information content (AvgIpc) is 3.45. The summed E-state index contributed by atoms with van der Waals surface area (Å²) in [6.07, 6.45) is 0.735. The molecule has 0 unspecified atom stereocenters. The Kier molecular flexibility index (Phi) is 6.70. The molecule has 0 amide bonds. The molecule has 9 heteroatoms. The summed E-state index contributed by atoms with van der Waals surface area (Å²) in [6.45, 7) is 7.82. The number of ether oxygens (including phenoxy) is 1. The summed E-state index contributed by atoms with van der Waals surface area (Å²) in [5.74, 6) is 1.29. The van der Waals surface area contributed by atoms with Crippen LogP contribution in [-0.2, 0) is 17.0 Å². The number of aromatic nitrogens is 6. The van der Waals surface area contributed by atoms with E-state index in [1.54, 1.807) is 16.3 Å². The first-order chi connectivity index (χ1) is 17.1. The van der Waals surface area contributed by atoms with Gasteiger partial charge in [-0.25, -0.2) is 4.68 Å². The quantitative estimate of drug-likeness (QED) is 0.223. The van der Waals surface area contributed by atoms with Crippen molar-refractivity contribution in [3.63, 3.8) is 0 Å². The fourth-order valence-corrected chi connectivity index (χ4v) is 5.17. The van der Waals surface area contributed by atoms with Gasteiger partial charge in [0.1, 0.15) is 0 Å². The van der Waals surface area contributed by atoms with E-state index in [0.29, 0.717) is 30.9 Å². The second-order valence-electron chi connectivity index (χ2n) is 8.44. The molecule has 0 saturated carbocycles. The molecule has 0 aliphatic carbocycles. The monoisotopic (exact) mass is 488 g/mol. The average molecular weight is 489 g/mol. The Balaban J connectivity index is 1.43. The maximum atomic E-state index is 13.2. The SMILES string of the molecule is CCOCCCn1c(=O)c2ccccc2n2c(SCc3ccc(-n4nc(C)cc4C)cc3)nnc12. The summed E-state index contributed by atoms with van der Waals surface area (Å²) in [5, 5.41) is 14.8. The van der Waals surface area contributed by atoms with Crippen LogP contribution >= 0.6 is 11.8 Å². The third-order valence-electron chi connectivity index (χ3n) is 5.91. The molecule has 2 aromatic carbocycles. The first kappa shape index (κ1) is 23.3. The van der Waals surface area contributed by atoms with E-state index in [0.717, 1.165) is 39.9 Å². The summed E-state index contributed by atoms with van der Waals surface area (Å²) in [5.41, 5.74) is 5.10. The minimum Gasteiger partial charge on any atom is -0.382 e. The van der Waals surface area contributed by atoms with Gasteiger partial charge >= 0.3 is 0 Å². The molecule has 0 fully saturated rings. The number of benzene rings is 2. The third-order valence-corrected chi connectivity index (χ3v) is 6.91. The molecule has 0 radical (unpaired) electrons. The lowest BCUT2D eigenvalue weighted by Crippen LogP contribution is -2.24. The van der Waals surface area contributed by atoms with E-state index in [2.05, 4.69) is 52.6 Å². The molecule has 0 aliphatic heterocycles. The number of hydrogen-bond donors (Lipinski definition) is 0. The Bertz CT molecular complexity index is 1530. The molecule has 5 rings (SSSR count). The summed E-state index contributed by atoms with van der Waals surface area (Å²) < 4.78 is 11.1. The van der Waals surface area contributed by atoms with Crippen LogP contribution in [0, 0.1) is 13.8 Å². The molecule has 0 N–H and O–H groups in total. The van der Waals surface area contributed by atoms with Crippen LogP contribution < -0.4 is 5.56 Å². The lowest BCUT2D eigenvalue weighted by molar-refractivity contribution is 0.141. The maximum absolute atomic E-state index is 13.2. The van der Waals surface area contributed by atoms with Gasteiger partial charge in [0.15, 0.2) is 5.16 Å². The molecule has 3 heterocycles. The van der Waals surface area contributed by atoms with Crippen LogP contribution in [0.3, 0.4) is 0 Å². The fraction of sp³-hybridized carbons (Fsp3) is 0.308. The Morgan fingerprint density at radius 2 is 1.83 bits per heavy atom. The van der Waals surface area contributed by atoms with Gasteiger partial charge in [-0.3, -0.25) is 13.8 Å². The van der Waals surface area contributed by atoms with Crippen LogP contribution in [0.1, 0.15) is 30.3 Å². The largest absolute Gasteiger partial charge is 0.382 e. The van der Waals surface area contributed by atoms with Crippen LogP contribution in [0.15, 0.2) is 64.5 Å². The van der Waals surface area contributed by atoms with Gasteiger partial charge in [0.2, 0.25) is 5.78 Å². The Labute approximate surface area is 207 Å². The smallest absolute Gasteiger partial charge is 0.262 e. The van der Waals surface area contributed by atoms with E-state index in [9.17, 15) is 4.79 Å². The predicted octanol–water partition coefficient (Wildman–Crippen LogP) is 4.57. The third kappa shape index (κ3) is 4.61. The highest BCUT2D eigenvalue weighted by molar-refractivity contribution is 7.98. The first-order valence-corrected chi connectivity index (χ1v) is 12.7. The highest BCUT2D eigenvalue weighted by Gasteiger charge is 2.17. The highest BCUT2D eigenvalue weighted by atomic mass is 32.2. The van der Waals surface area contributed by atoms with E-state index < -0.39 is 0 Å². The standard InChI is InChI=1S/C26H28N6O2S/c1-4-34-15-7-14-30-24(33)22-8-5-6-9-23(22)31-25(30)27-28-26(31)35-17-20-10-12-21(13-11-20)32-19(3)16-18(2)29-32/h5-6,8-13,16H,4,7,14-15,17H2,1-3H3. The van der Waals surface area contributed by atoms with E-state index in [1.807, 2.05) is 47.2 Å². The zero-order valence-electron chi connectivity index (χ0n) is 20.1. The Morgan fingerprint density at radius 1 is 1.03 bits per heavy atom. The van der Waals surface area contributed by atoms with Crippen molar-refractivity contribution in [2.45, 2.75) is 44.6 Å². The van der Waals surface area contributed by atoms with Crippen molar-refractivity contribution in [2.75, 3.05) is 13.2 Å². The van der Waals surface area contributed by atoms with Crippen molar-refractivity contribution in [3.8, 4) is 5.69 Å². The number of nitrogens with zero attached hydrogens (tertiary/aromatic N) is 6. The molecule has 5 aromatic rings. The van der Waals surface area contributed by atoms with Gasteiger partial charge in [0.25, 0.3) is 5.56 Å². The molecule has 180 valence electrons. The van der Waals surface area contributed by atoms with Crippen LogP contribution in [0.4, 0.5) is 0 Å². The highest BCUT2D eigenvalue weighted by Crippen LogP contribution is 2.25. The maximum Gasteiger partial charge on any atom is 0.262 e. The molecular weight excluding hydrogens is 460 g/mol. The van der Waals surface area contributed by atoms with Crippen molar-refractivity contribution in [1.29, 1.82) is 0 Å². The number of para-hydroxylation sites is 1. The van der Waals surface area contributed by atoms with Crippen LogP contribution in [0.5, 0.6) is 0 Å². The Hall–Kier alpha value is -3.43. The lowest BCUT2D eigenvalue weighted by atomic mass is 10.2. The number of aryl methyl sites for hydroxylation is 3. The summed E-state index contributed by atoms with van der Waals surface area (Å²) in [6, 6.07) is 18.1. The van der Waals surface area contributed by atoms with Gasteiger partial charge in [-0.15, -0.1) is 10.2 Å². The molecule has 0 spiro atoms. The van der Waals surface area contributed by atoms with Crippen molar-refractivity contribution < 1.29 is 4.74 Å². The van der Waals surface area contributed by atoms with Gasteiger partial charge in [0.05, 0.1) is 22.3 Å². The fourth-order valence-electron chi connectivity index (χ4n) is 4.27. The van der Waals surface area contributed by atoms with Crippen LogP contribution in [0.25, 0.3) is 22.4 Å². The molecular formula is C26H28N6O2S. The van der Waals surface area contributed by atoms with Gasteiger partial charge in [-0.2, -0.15) is 5.10 Å². The first-order valence-electron chi connectivity index (χ1n) is 11.8. The zero-order chi connectivity index (χ0) is 24.4. The second-order valence-corrected chi connectivity index (χ2v) is 9.38. The van der Waals surface area contributed by atoms with Crippen molar-refractivity contribution in [2.24, 2.45) is 0 Å². The van der Waals surface area contributed by atoms with Gasteiger partial charge < -0.3 is 4.74 Å². The molecule has 0 atom stereocenters. The molecule has 8 nitrogen and oxygen atoms in total. The van der Waals surface area contributed by atoms with E-state index in [1.165, 1.54) is 5.56 Å². The lowest BCUT2D eigenvalue weighted by Gasteiger charge is -2.11. The number of hydrogen-bond acceptors (Lipinski definition) is 6. The van der Waals surface area contributed by atoms with Gasteiger partial charge in [-0.05, 0) is 63.1 Å². The van der Waals surface area contributed by atoms with E-state index >= 15 is 0 Å². The van der Waals surface area contributed by atoms with Gasteiger partial charge in [-0.1, -0.05) is 36.0 Å².